The summed E-state index contributed by atoms with van der Waals surface area (Å²) in [6.07, 6.45) is 4.31. The molecule has 0 aliphatic heterocycles. The lowest BCUT2D eigenvalue weighted by atomic mass is 10.0. The van der Waals surface area contributed by atoms with Crippen LogP contribution in [0.3, 0.4) is 0 Å². The number of hydrogen-bond donors (Lipinski definition) is 1. The molecule has 0 bridgehead atoms. The molecule has 90 valence electrons. The standard InChI is InChI=1S/C13H18N4/c1-8(9(2)14)12-16-11-4-3-7-15-13(11)17(12)10-5-6-10/h3-4,7-10H,5-6,14H2,1-2H3. The van der Waals surface area contributed by atoms with Gasteiger partial charge in [0.15, 0.2) is 5.65 Å². The molecule has 3 rings (SSSR count). The molecule has 2 N–H and O–H groups in total. The smallest absolute Gasteiger partial charge is 0.160 e. The average molecular weight is 230 g/mol. The molecule has 2 aromatic heterocycles. The Morgan fingerprint density at radius 2 is 2.18 bits per heavy atom. The molecule has 0 saturated heterocycles. The number of pyridine rings is 1. The summed E-state index contributed by atoms with van der Waals surface area (Å²) in [5, 5.41) is 0. The molecule has 2 heterocycles. The van der Waals surface area contributed by atoms with Gasteiger partial charge in [-0.3, -0.25) is 0 Å². The number of nitrogens with two attached hydrogens (primary N) is 1. The summed E-state index contributed by atoms with van der Waals surface area (Å²) in [6, 6.07) is 4.67. The van der Waals surface area contributed by atoms with Crippen LogP contribution in [0, 0.1) is 0 Å². The van der Waals surface area contributed by atoms with Gasteiger partial charge in [0.05, 0.1) is 0 Å². The molecular formula is C13H18N4. The van der Waals surface area contributed by atoms with Crippen molar-refractivity contribution in [2.24, 2.45) is 5.73 Å². The van der Waals surface area contributed by atoms with E-state index in [1.807, 2.05) is 25.3 Å². The lowest BCUT2D eigenvalue weighted by Crippen LogP contribution is -2.25. The summed E-state index contributed by atoms with van der Waals surface area (Å²) in [4.78, 5) is 9.18. The third-order valence-electron chi connectivity index (χ3n) is 3.58. The highest BCUT2D eigenvalue weighted by Crippen LogP contribution is 2.39. The Morgan fingerprint density at radius 3 is 2.82 bits per heavy atom. The highest BCUT2D eigenvalue weighted by molar-refractivity contribution is 5.71. The fourth-order valence-corrected chi connectivity index (χ4v) is 2.20. The molecule has 1 saturated carbocycles. The van der Waals surface area contributed by atoms with Crippen LogP contribution in [0.15, 0.2) is 18.3 Å². The molecule has 1 aliphatic carbocycles. The van der Waals surface area contributed by atoms with E-state index in [9.17, 15) is 0 Å². The second-order valence-electron chi connectivity index (χ2n) is 5.07. The van der Waals surface area contributed by atoms with Gasteiger partial charge in [-0.1, -0.05) is 6.92 Å². The molecule has 4 nitrogen and oxygen atoms in total. The van der Waals surface area contributed by atoms with E-state index in [2.05, 4.69) is 16.5 Å². The predicted octanol–water partition coefficient (Wildman–Crippen LogP) is 2.22. The Morgan fingerprint density at radius 1 is 1.41 bits per heavy atom. The fourth-order valence-electron chi connectivity index (χ4n) is 2.20. The van der Waals surface area contributed by atoms with Gasteiger partial charge in [0.2, 0.25) is 0 Å². The monoisotopic (exact) mass is 230 g/mol. The number of imidazole rings is 1. The number of hydrogen-bond acceptors (Lipinski definition) is 3. The summed E-state index contributed by atoms with van der Waals surface area (Å²) in [5.41, 5.74) is 8.00. The van der Waals surface area contributed by atoms with Crippen LogP contribution in [0.25, 0.3) is 11.2 Å². The number of aromatic nitrogens is 3. The molecule has 0 spiro atoms. The summed E-state index contributed by atoms with van der Waals surface area (Å²) in [7, 11) is 0. The third kappa shape index (κ3) is 1.72. The van der Waals surface area contributed by atoms with Crippen molar-refractivity contribution < 1.29 is 0 Å². The number of rotatable bonds is 3. The first-order valence-corrected chi connectivity index (χ1v) is 6.27. The Labute approximate surface area is 101 Å². The Hall–Kier alpha value is -1.42. The van der Waals surface area contributed by atoms with Crippen molar-refractivity contribution in [3.8, 4) is 0 Å². The minimum absolute atomic E-state index is 0.115. The minimum atomic E-state index is 0.115. The topological polar surface area (TPSA) is 56.7 Å². The maximum Gasteiger partial charge on any atom is 0.160 e. The van der Waals surface area contributed by atoms with Gasteiger partial charge in [-0.25, -0.2) is 9.97 Å². The van der Waals surface area contributed by atoms with Crippen molar-refractivity contribution in [2.75, 3.05) is 0 Å². The molecule has 2 unspecified atom stereocenters. The minimum Gasteiger partial charge on any atom is -0.327 e. The summed E-state index contributed by atoms with van der Waals surface area (Å²) in [5.74, 6) is 1.36. The van der Waals surface area contributed by atoms with Gasteiger partial charge in [0, 0.05) is 24.2 Å². The van der Waals surface area contributed by atoms with E-state index in [1.165, 1.54) is 12.8 Å². The van der Waals surface area contributed by atoms with Crippen molar-refractivity contribution in [1.29, 1.82) is 0 Å². The lowest BCUT2D eigenvalue weighted by Gasteiger charge is -2.16. The second-order valence-corrected chi connectivity index (χ2v) is 5.07. The van der Waals surface area contributed by atoms with E-state index in [0.717, 1.165) is 17.0 Å². The molecule has 4 heteroatoms. The third-order valence-corrected chi connectivity index (χ3v) is 3.58. The molecule has 1 aliphatic rings. The first kappa shape index (κ1) is 10.7. The van der Waals surface area contributed by atoms with Gasteiger partial charge in [0.25, 0.3) is 0 Å². The van der Waals surface area contributed by atoms with Crippen LogP contribution >= 0.6 is 0 Å². The molecule has 0 amide bonds. The second kappa shape index (κ2) is 3.81. The van der Waals surface area contributed by atoms with E-state index in [1.54, 1.807) is 0 Å². The van der Waals surface area contributed by atoms with Crippen molar-refractivity contribution in [3.05, 3.63) is 24.2 Å². The predicted molar refractivity (Wildman–Crippen MR) is 67.9 cm³/mol. The average Bonchev–Trinajstić information content (AvgIpc) is 3.08. The summed E-state index contributed by atoms with van der Waals surface area (Å²) >= 11 is 0. The van der Waals surface area contributed by atoms with Gasteiger partial charge < -0.3 is 10.3 Å². The number of nitrogens with zero attached hydrogens (tertiary/aromatic N) is 3. The van der Waals surface area contributed by atoms with Crippen LogP contribution in [0.1, 0.15) is 44.5 Å². The van der Waals surface area contributed by atoms with Crippen LogP contribution in [-0.4, -0.2) is 20.6 Å². The van der Waals surface area contributed by atoms with Gasteiger partial charge in [-0.2, -0.15) is 0 Å². The molecular weight excluding hydrogens is 212 g/mol. The van der Waals surface area contributed by atoms with Gasteiger partial charge in [-0.15, -0.1) is 0 Å². The fraction of sp³-hybridized carbons (Fsp3) is 0.538. The zero-order chi connectivity index (χ0) is 12.0. The highest BCUT2D eigenvalue weighted by atomic mass is 15.2. The molecule has 0 radical (unpaired) electrons. The zero-order valence-electron chi connectivity index (χ0n) is 10.3. The van der Waals surface area contributed by atoms with Crippen LogP contribution in [0.2, 0.25) is 0 Å². The molecule has 17 heavy (non-hydrogen) atoms. The van der Waals surface area contributed by atoms with Crippen molar-refractivity contribution in [2.45, 2.75) is 44.7 Å². The highest BCUT2D eigenvalue weighted by Gasteiger charge is 2.31. The first-order chi connectivity index (χ1) is 8.18. The largest absolute Gasteiger partial charge is 0.327 e. The molecule has 2 aromatic rings. The maximum atomic E-state index is 6.01. The Balaban J connectivity index is 2.19. The lowest BCUT2D eigenvalue weighted by molar-refractivity contribution is 0.545. The SMILES string of the molecule is CC(N)C(C)c1nc2cccnc2n1C1CC1. The maximum absolute atomic E-state index is 6.01. The van der Waals surface area contributed by atoms with Gasteiger partial charge >= 0.3 is 0 Å². The van der Waals surface area contributed by atoms with E-state index in [0.29, 0.717) is 6.04 Å². The zero-order valence-corrected chi connectivity index (χ0v) is 10.3. The molecule has 2 atom stereocenters. The van der Waals surface area contributed by atoms with E-state index in [-0.39, 0.29) is 12.0 Å². The first-order valence-electron chi connectivity index (χ1n) is 6.27. The van der Waals surface area contributed by atoms with Crippen molar-refractivity contribution in [1.82, 2.24) is 14.5 Å². The van der Waals surface area contributed by atoms with Crippen LogP contribution in [0.4, 0.5) is 0 Å². The van der Waals surface area contributed by atoms with Crippen LogP contribution in [-0.2, 0) is 0 Å². The van der Waals surface area contributed by atoms with Crippen LogP contribution < -0.4 is 5.73 Å². The molecule has 1 fully saturated rings. The van der Waals surface area contributed by atoms with E-state index in [4.69, 9.17) is 10.7 Å². The normalized spacial score (nSPS) is 19.5. The van der Waals surface area contributed by atoms with Gasteiger partial charge in [-0.05, 0) is 31.9 Å². The molecule has 0 aromatic carbocycles. The van der Waals surface area contributed by atoms with Crippen molar-refractivity contribution in [3.63, 3.8) is 0 Å². The van der Waals surface area contributed by atoms with E-state index < -0.39 is 0 Å². The Kier molecular flexibility index (Phi) is 2.40. The van der Waals surface area contributed by atoms with Crippen molar-refractivity contribution >= 4 is 11.2 Å². The van der Waals surface area contributed by atoms with E-state index >= 15 is 0 Å². The Bertz CT molecular complexity index is 539. The quantitative estimate of drug-likeness (QED) is 0.879. The number of fused-ring (bicyclic) bond motifs is 1. The van der Waals surface area contributed by atoms with Gasteiger partial charge in [0.1, 0.15) is 11.3 Å². The van der Waals surface area contributed by atoms with Crippen LogP contribution in [0.5, 0.6) is 0 Å². The summed E-state index contributed by atoms with van der Waals surface area (Å²) in [6.45, 7) is 4.18. The summed E-state index contributed by atoms with van der Waals surface area (Å²) < 4.78 is 2.30.